The smallest absolute Gasteiger partial charge is 0.236 e. The highest BCUT2D eigenvalue weighted by Crippen LogP contribution is 2.26. The number of amides is 1. The molecule has 0 saturated carbocycles. The third kappa shape index (κ3) is 4.88. The van der Waals surface area contributed by atoms with Gasteiger partial charge in [-0.1, -0.05) is 6.92 Å². The third-order valence-corrected chi connectivity index (χ3v) is 4.24. The number of ether oxygens (including phenoxy) is 1. The van der Waals surface area contributed by atoms with Crippen molar-refractivity contribution in [1.29, 1.82) is 0 Å². The van der Waals surface area contributed by atoms with Crippen LogP contribution >= 0.6 is 12.4 Å². The molecular weight excluding hydrogens is 278 g/mol. The van der Waals surface area contributed by atoms with Crippen LogP contribution in [0.3, 0.4) is 0 Å². The van der Waals surface area contributed by atoms with Gasteiger partial charge in [-0.05, 0) is 24.8 Å². The van der Waals surface area contributed by atoms with Gasteiger partial charge in [0.15, 0.2) is 0 Å². The molecule has 2 aliphatic heterocycles. The lowest BCUT2D eigenvalue weighted by molar-refractivity contribution is -0.132. The molecule has 20 heavy (non-hydrogen) atoms. The molecule has 5 nitrogen and oxygen atoms in total. The van der Waals surface area contributed by atoms with E-state index in [9.17, 15) is 4.79 Å². The highest BCUT2D eigenvalue weighted by atomic mass is 35.5. The zero-order valence-electron chi connectivity index (χ0n) is 12.7. The van der Waals surface area contributed by atoms with E-state index < -0.39 is 0 Å². The van der Waals surface area contributed by atoms with Crippen LogP contribution in [-0.2, 0) is 9.53 Å². The van der Waals surface area contributed by atoms with Crippen LogP contribution in [0.2, 0.25) is 0 Å². The molecule has 0 radical (unpaired) electrons. The first-order valence-electron chi connectivity index (χ1n) is 7.33. The molecule has 2 rings (SSSR count). The summed E-state index contributed by atoms with van der Waals surface area (Å²) in [7, 11) is 1.68. The molecular formula is C14H28ClN3O2. The number of hydrogen-bond acceptors (Lipinski definition) is 4. The molecule has 1 amide bonds. The summed E-state index contributed by atoms with van der Waals surface area (Å²) >= 11 is 0. The molecule has 0 aromatic heterocycles. The molecule has 0 aromatic rings. The first kappa shape index (κ1) is 17.7. The van der Waals surface area contributed by atoms with E-state index in [0.29, 0.717) is 18.6 Å². The predicted molar refractivity (Wildman–Crippen MR) is 82.4 cm³/mol. The summed E-state index contributed by atoms with van der Waals surface area (Å²) in [4.78, 5) is 16.5. The van der Waals surface area contributed by atoms with Crippen LogP contribution in [0.15, 0.2) is 0 Å². The Morgan fingerprint density at radius 3 is 2.85 bits per heavy atom. The number of methoxy groups -OCH3 is 1. The van der Waals surface area contributed by atoms with Crippen LogP contribution in [0, 0.1) is 5.41 Å². The monoisotopic (exact) mass is 305 g/mol. The van der Waals surface area contributed by atoms with Gasteiger partial charge in [-0.15, -0.1) is 12.4 Å². The summed E-state index contributed by atoms with van der Waals surface area (Å²) in [5, 5.41) is 3.43. The van der Waals surface area contributed by atoms with Crippen LogP contribution < -0.4 is 5.32 Å². The standard InChI is InChI=1S/C14H27N3O2.ClH/c1-14(4-5-15-11-14)12-16-6-3-7-17(8-9-19-2)13(18)10-16;/h15H,3-12H2,1-2H3;1H. The summed E-state index contributed by atoms with van der Waals surface area (Å²) < 4.78 is 5.07. The van der Waals surface area contributed by atoms with E-state index in [1.807, 2.05) is 4.90 Å². The Morgan fingerprint density at radius 2 is 2.20 bits per heavy atom. The van der Waals surface area contributed by atoms with E-state index in [-0.39, 0.29) is 18.3 Å². The number of rotatable bonds is 5. The molecule has 118 valence electrons. The number of halogens is 1. The first-order chi connectivity index (χ1) is 9.13. The number of carbonyl (C=O) groups excluding carboxylic acids is 1. The van der Waals surface area contributed by atoms with Crippen molar-refractivity contribution in [2.24, 2.45) is 5.41 Å². The predicted octanol–water partition coefficient (Wildman–Crippen LogP) is 0.589. The van der Waals surface area contributed by atoms with Crippen LogP contribution in [0.1, 0.15) is 19.8 Å². The second-order valence-electron chi connectivity index (χ2n) is 6.18. The lowest BCUT2D eigenvalue weighted by Gasteiger charge is -2.30. The van der Waals surface area contributed by atoms with E-state index in [1.165, 1.54) is 6.42 Å². The van der Waals surface area contributed by atoms with Crippen LogP contribution in [-0.4, -0.2) is 75.2 Å². The summed E-state index contributed by atoms with van der Waals surface area (Å²) in [6, 6.07) is 0. The molecule has 2 heterocycles. The Hall–Kier alpha value is -0.360. The SMILES string of the molecule is COCCN1CCCN(CC2(C)CCNC2)CC1=O.Cl. The van der Waals surface area contributed by atoms with Crippen molar-refractivity contribution in [1.82, 2.24) is 15.1 Å². The van der Waals surface area contributed by atoms with Crippen molar-refractivity contribution < 1.29 is 9.53 Å². The molecule has 2 aliphatic rings. The van der Waals surface area contributed by atoms with Gasteiger partial charge in [-0.25, -0.2) is 0 Å². The Labute approximate surface area is 128 Å². The van der Waals surface area contributed by atoms with Gasteiger partial charge in [0.05, 0.1) is 13.2 Å². The van der Waals surface area contributed by atoms with Crippen molar-refractivity contribution >= 4 is 18.3 Å². The zero-order valence-corrected chi connectivity index (χ0v) is 13.5. The van der Waals surface area contributed by atoms with Crippen molar-refractivity contribution in [3.8, 4) is 0 Å². The summed E-state index contributed by atoms with van der Waals surface area (Å²) in [5.41, 5.74) is 0.335. The second-order valence-corrected chi connectivity index (χ2v) is 6.18. The minimum absolute atomic E-state index is 0. The highest BCUT2D eigenvalue weighted by molar-refractivity contribution is 5.85. The Kier molecular flexibility index (Phi) is 7.23. The van der Waals surface area contributed by atoms with Crippen molar-refractivity contribution in [3.05, 3.63) is 0 Å². The fraction of sp³-hybridized carbons (Fsp3) is 0.929. The van der Waals surface area contributed by atoms with Crippen LogP contribution in [0.4, 0.5) is 0 Å². The maximum atomic E-state index is 12.2. The third-order valence-electron chi connectivity index (χ3n) is 4.24. The quantitative estimate of drug-likeness (QED) is 0.807. The van der Waals surface area contributed by atoms with Crippen molar-refractivity contribution in [2.45, 2.75) is 19.8 Å². The molecule has 0 aliphatic carbocycles. The van der Waals surface area contributed by atoms with Gasteiger partial charge >= 0.3 is 0 Å². The number of carbonyl (C=O) groups is 1. The molecule has 2 fully saturated rings. The summed E-state index contributed by atoms with van der Waals surface area (Å²) in [5.74, 6) is 0.254. The van der Waals surface area contributed by atoms with Gasteiger partial charge in [0, 0.05) is 39.8 Å². The maximum Gasteiger partial charge on any atom is 0.236 e. The zero-order chi connectivity index (χ0) is 13.7. The van der Waals surface area contributed by atoms with Gasteiger partial charge < -0.3 is 15.0 Å². The highest BCUT2D eigenvalue weighted by Gasteiger charge is 2.32. The molecule has 1 unspecified atom stereocenters. The number of nitrogens with zero attached hydrogens (tertiary/aromatic N) is 2. The van der Waals surface area contributed by atoms with Crippen LogP contribution in [0.25, 0.3) is 0 Å². The number of nitrogens with one attached hydrogen (secondary N) is 1. The van der Waals surface area contributed by atoms with Gasteiger partial charge in [-0.2, -0.15) is 0 Å². The molecule has 1 atom stereocenters. The minimum Gasteiger partial charge on any atom is -0.383 e. The molecule has 0 aromatic carbocycles. The molecule has 1 N–H and O–H groups in total. The van der Waals surface area contributed by atoms with E-state index in [4.69, 9.17) is 4.74 Å². The van der Waals surface area contributed by atoms with Gasteiger partial charge in [0.2, 0.25) is 5.91 Å². The van der Waals surface area contributed by atoms with Gasteiger partial charge in [0.1, 0.15) is 0 Å². The molecule has 2 saturated heterocycles. The summed E-state index contributed by atoms with van der Waals surface area (Å²) in [6.07, 6.45) is 2.28. The van der Waals surface area contributed by atoms with Crippen molar-refractivity contribution in [2.75, 3.05) is 59.5 Å². The van der Waals surface area contributed by atoms with Gasteiger partial charge in [-0.3, -0.25) is 9.69 Å². The van der Waals surface area contributed by atoms with Crippen molar-refractivity contribution in [3.63, 3.8) is 0 Å². The molecule has 6 heteroatoms. The molecule has 0 bridgehead atoms. The second kappa shape index (κ2) is 8.17. The fourth-order valence-corrected chi connectivity index (χ4v) is 3.10. The van der Waals surface area contributed by atoms with E-state index >= 15 is 0 Å². The Morgan fingerprint density at radius 1 is 1.40 bits per heavy atom. The Bertz CT molecular complexity index is 309. The Balaban J connectivity index is 0.00000200. The van der Waals surface area contributed by atoms with E-state index in [0.717, 1.165) is 45.7 Å². The minimum atomic E-state index is 0. The lowest BCUT2D eigenvalue weighted by Crippen LogP contribution is -2.42. The number of hydrogen-bond donors (Lipinski definition) is 1. The fourth-order valence-electron chi connectivity index (χ4n) is 3.10. The maximum absolute atomic E-state index is 12.2. The average molecular weight is 306 g/mol. The average Bonchev–Trinajstić information content (AvgIpc) is 2.71. The largest absolute Gasteiger partial charge is 0.383 e. The van der Waals surface area contributed by atoms with E-state index in [1.54, 1.807) is 7.11 Å². The normalized spacial score (nSPS) is 28.3. The first-order valence-corrected chi connectivity index (χ1v) is 7.33. The van der Waals surface area contributed by atoms with E-state index in [2.05, 4.69) is 17.1 Å². The summed E-state index contributed by atoms with van der Waals surface area (Å²) in [6.45, 7) is 9.37. The van der Waals surface area contributed by atoms with Gasteiger partial charge in [0.25, 0.3) is 0 Å². The van der Waals surface area contributed by atoms with Crippen LogP contribution in [0.5, 0.6) is 0 Å². The lowest BCUT2D eigenvalue weighted by atomic mass is 9.89. The topological polar surface area (TPSA) is 44.8 Å². The molecule has 0 spiro atoms.